The molecule has 2 aromatic carbocycles. The fourth-order valence-corrected chi connectivity index (χ4v) is 4.54. The highest BCUT2D eigenvalue weighted by Crippen LogP contribution is 2.27. The highest BCUT2D eigenvalue weighted by atomic mass is 32.2. The summed E-state index contributed by atoms with van der Waals surface area (Å²) in [5.41, 5.74) is 3.01. The van der Waals surface area contributed by atoms with E-state index in [4.69, 9.17) is 0 Å². The maximum Gasteiger partial charge on any atom is 0.240 e. The third-order valence-corrected chi connectivity index (χ3v) is 6.60. The molecule has 130 valence electrons. The van der Waals surface area contributed by atoms with Crippen LogP contribution in [-0.2, 0) is 23.0 Å². The van der Waals surface area contributed by atoms with E-state index in [1.807, 2.05) is 56.3 Å². The van der Waals surface area contributed by atoms with Gasteiger partial charge in [0.15, 0.2) is 0 Å². The lowest BCUT2D eigenvalue weighted by molar-refractivity contribution is 0.581. The number of thiazole rings is 1. The number of rotatable bonds is 6. The van der Waals surface area contributed by atoms with Gasteiger partial charge >= 0.3 is 0 Å². The summed E-state index contributed by atoms with van der Waals surface area (Å²) < 4.78 is 27.6. The van der Waals surface area contributed by atoms with Crippen LogP contribution >= 0.6 is 11.3 Å². The van der Waals surface area contributed by atoms with Gasteiger partial charge < -0.3 is 0 Å². The first-order valence-corrected chi connectivity index (χ1v) is 10.4. The van der Waals surface area contributed by atoms with Crippen molar-refractivity contribution in [3.05, 3.63) is 70.7 Å². The van der Waals surface area contributed by atoms with Crippen molar-refractivity contribution in [2.24, 2.45) is 0 Å². The Labute approximate surface area is 152 Å². The molecule has 0 spiro atoms. The number of nitrogens with one attached hydrogen (secondary N) is 1. The van der Waals surface area contributed by atoms with E-state index in [0.717, 1.165) is 33.1 Å². The lowest BCUT2D eigenvalue weighted by Gasteiger charge is -2.06. The van der Waals surface area contributed by atoms with Crippen molar-refractivity contribution >= 4 is 21.4 Å². The first kappa shape index (κ1) is 17.8. The highest BCUT2D eigenvalue weighted by molar-refractivity contribution is 7.89. The van der Waals surface area contributed by atoms with Gasteiger partial charge in [0, 0.05) is 17.0 Å². The van der Waals surface area contributed by atoms with Crippen LogP contribution in [0, 0.1) is 6.92 Å². The number of aryl methyl sites for hydroxylation is 2. The number of hydrogen-bond acceptors (Lipinski definition) is 4. The largest absolute Gasteiger partial charge is 0.241 e. The van der Waals surface area contributed by atoms with Gasteiger partial charge in [-0.15, -0.1) is 11.3 Å². The summed E-state index contributed by atoms with van der Waals surface area (Å²) in [4.78, 5) is 5.77. The van der Waals surface area contributed by atoms with E-state index in [1.54, 1.807) is 12.1 Å². The molecule has 0 bridgehead atoms. The molecule has 0 aliphatic heterocycles. The van der Waals surface area contributed by atoms with Crippen molar-refractivity contribution in [3.63, 3.8) is 0 Å². The topological polar surface area (TPSA) is 59.1 Å². The van der Waals surface area contributed by atoms with Crippen molar-refractivity contribution in [2.75, 3.05) is 0 Å². The standard InChI is InChI=1S/C19H20N2O2S2/c1-3-15-9-11-17(12-10-15)25(22,23)20-13-18-14(2)21-19(24-18)16-7-5-4-6-8-16/h4-12,20H,3,13H2,1-2H3. The Balaban J connectivity index is 1.75. The number of aromatic nitrogens is 1. The van der Waals surface area contributed by atoms with Gasteiger partial charge in [-0.1, -0.05) is 49.4 Å². The minimum Gasteiger partial charge on any atom is -0.241 e. The fraction of sp³-hybridized carbons (Fsp3) is 0.211. The second kappa shape index (κ2) is 7.47. The molecule has 6 heteroatoms. The van der Waals surface area contributed by atoms with Gasteiger partial charge in [0.2, 0.25) is 10.0 Å². The second-order valence-corrected chi connectivity index (χ2v) is 8.57. The van der Waals surface area contributed by atoms with Crippen molar-refractivity contribution in [1.29, 1.82) is 0 Å². The van der Waals surface area contributed by atoms with E-state index in [9.17, 15) is 8.42 Å². The SMILES string of the molecule is CCc1ccc(S(=O)(=O)NCc2sc(-c3ccccc3)nc2C)cc1. The summed E-state index contributed by atoms with van der Waals surface area (Å²) in [5.74, 6) is 0. The third kappa shape index (κ3) is 4.15. The van der Waals surface area contributed by atoms with E-state index in [0.29, 0.717) is 0 Å². The van der Waals surface area contributed by atoms with Gasteiger partial charge in [-0.3, -0.25) is 0 Å². The monoisotopic (exact) mass is 372 g/mol. The Bertz CT molecular complexity index is 947. The Morgan fingerprint density at radius 2 is 1.72 bits per heavy atom. The zero-order valence-corrected chi connectivity index (χ0v) is 15.8. The minimum absolute atomic E-state index is 0.244. The molecule has 0 amide bonds. The number of sulfonamides is 1. The summed E-state index contributed by atoms with van der Waals surface area (Å²) in [6.45, 7) is 4.19. The Morgan fingerprint density at radius 1 is 1.04 bits per heavy atom. The molecule has 0 atom stereocenters. The second-order valence-electron chi connectivity index (χ2n) is 5.72. The first-order chi connectivity index (χ1) is 12.0. The van der Waals surface area contributed by atoms with E-state index < -0.39 is 10.0 Å². The molecule has 1 heterocycles. The molecular formula is C19H20N2O2S2. The predicted octanol–water partition coefficient (Wildman–Crippen LogP) is 4.16. The molecule has 1 aromatic heterocycles. The van der Waals surface area contributed by atoms with Crippen LogP contribution < -0.4 is 4.72 Å². The molecule has 0 radical (unpaired) electrons. The molecule has 3 aromatic rings. The van der Waals surface area contributed by atoms with Crippen LogP contribution in [0.3, 0.4) is 0 Å². The van der Waals surface area contributed by atoms with Crippen molar-refractivity contribution < 1.29 is 8.42 Å². The molecule has 3 rings (SSSR count). The average molecular weight is 373 g/mol. The molecule has 0 fully saturated rings. The molecule has 25 heavy (non-hydrogen) atoms. The van der Waals surface area contributed by atoms with Gasteiger partial charge in [-0.25, -0.2) is 18.1 Å². The van der Waals surface area contributed by atoms with Crippen LogP contribution in [0.2, 0.25) is 0 Å². The highest BCUT2D eigenvalue weighted by Gasteiger charge is 2.16. The maximum absolute atomic E-state index is 12.5. The molecule has 0 aliphatic carbocycles. The number of nitrogens with zero attached hydrogens (tertiary/aromatic N) is 1. The van der Waals surface area contributed by atoms with Crippen LogP contribution in [0.4, 0.5) is 0 Å². The predicted molar refractivity (Wildman–Crippen MR) is 102 cm³/mol. The summed E-state index contributed by atoms with van der Waals surface area (Å²) in [5, 5.41) is 0.902. The maximum atomic E-state index is 12.5. The Hall–Kier alpha value is -2.02. The van der Waals surface area contributed by atoms with Crippen LogP contribution in [0.25, 0.3) is 10.6 Å². The molecule has 0 saturated carbocycles. The summed E-state index contributed by atoms with van der Waals surface area (Å²) in [6.07, 6.45) is 0.885. The molecule has 0 aliphatic rings. The normalized spacial score (nSPS) is 11.6. The summed E-state index contributed by atoms with van der Waals surface area (Å²) in [6, 6.07) is 16.9. The van der Waals surface area contributed by atoms with Gasteiger partial charge in [-0.2, -0.15) is 0 Å². The van der Waals surface area contributed by atoms with E-state index in [-0.39, 0.29) is 11.4 Å². The van der Waals surface area contributed by atoms with Gasteiger partial charge in [0.05, 0.1) is 10.6 Å². The van der Waals surface area contributed by atoms with E-state index in [2.05, 4.69) is 9.71 Å². The van der Waals surface area contributed by atoms with Gasteiger partial charge in [0.25, 0.3) is 0 Å². The molecule has 0 saturated heterocycles. The smallest absolute Gasteiger partial charge is 0.240 e. The van der Waals surface area contributed by atoms with Gasteiger partial charge in [0.1, 0.15) is 5.01 Å². The van der Waals surface area contributed by atoms with E-state index >= 15 is 0 Å². The molecular weight excluding hydrogens is 352 g/mol. The molecule has 0 unspecified atom stereocenters. The fourth-order valence-electron chi connectivity index (χ4n) is 2.44. The van der Waals surface area contributed by atoms with Crippen LogP contribution in [0.5, 0.6) is 0 Å². The lowest BCUT2D eigenvalue weighted by atomic mass is 10.2. The van der Waals surface area contributed by atoms with Gasteiger partial charge in [-0.05, 0) is 31.0 Å². The van der Waals surface area contributed by atoms with Crippen LogP contribution in [0.15, 0.2) is 59.5 Å². The number of benzene rings is 2. The zero-order valence-electron chi connectivity index (χ0n) is 14.2. The summed E-state index contributed by atoms with van der Waals surface area (Å²) >= 11 is 1.52. The Morgan fingerprint density at radius 3 is 2.36 bits per heavy atom. The van der Waals surface area contributed by atoms with Crippen molar-refractivity contribution in [1.82, 2.24) is 9.71 Å². The lowest BCUT2D eigenvalue weighted by Crippen LogP contribution is -2.23. The molecule has 1 N–H and O–H groups in total. The molecule has 4 nitrogen and oxygen atoms in total. The third-order valence-electron chi connectivity index (χ3n) is 3.98. The van der Waals surface area contributed by atoms with Crippen molar-refractivity contribution in [2.45, 2.75) is 31.7 Å². The number of hydrogen-bond donors (Lipinski definition) is 1. The summed E-state index contributed by atoms with van der Waals surface area (Å²) in [7, 11) is -3.53. The zero-order chi connectivity index (χ0) is 17.9. The Kier molecular flexibility index (Phi) is 5.32. The minimum atomic E-state index is -3.53. The first-order valence-electron chi connectivity index (χ1n) is 8.10. The van der Waals surface area contributed by atoms with E-state index in [1.165, 1.54) is 11.3 Å². The average Bonchev–Trinajstić information content (AvgIpc) is 3.02. The van der Waals surface area contributed by atoms with Crippen molar-refractivity contribution in [3.8, 4) is 10.6 Å². The van der Waals surface area contributed by atoms with Crippen LogP contribution in [-0.4, -0.2) is 13.4 Å². The quantitative estimate of drug-likeness (QED) is 0.707. The van der Waals surface area contributed by atoms with Crippen LogP contribution in [0.1, 0.15) is 23.1 Å².